The summed E-state index contributed by atoms with van der Waals surface area (Å²) in [6.45, 7) is 9.76. The van der Waals surface area contributed by atoms with E-state index in [1.807, 2.05) is 0 Å². The zero-order valence-electron chi connectivity index (χ0n) is 17.5. The Labute approximate surface area is 164 Å². The average molecular weight is 360 g/mol. The van der Waals surface area contributed by atoms with Crippen LogP contribution in [0.25, 0.3) is 0 Å². The molecular formula is C26H33N. The predicted octanol–water partition coefficient (Wildman–Crippen LogP) is 6.21. The molecule has 0 saturated heterocycles. The van der Waals surface area contributed by atoms with Gasteiger partial charge in [-0.05, 0) is 79.7 Å². The lowest BCUT2D eigenvalue weighted by Crippen LogP contribution is -2.48. The summed E-state index contributed by atoms with van der Waals surface area (Å²) in [6.07, 6.45) is 5.28. The molecule has 5 rings (SSSR count). The van der Waals surface area contributed by atoms with Gasteiger partial charge in [0.2, 0.25) is 0 Å². The summed E-state index contributed by atoms with van der Waals surface area (Å²) < 4.78 is 0. The first-order valence-electron chi connectivity index (χ1n) is 10.8. The van der Waals surface area contributed by atoms with Gasteiger partial charge >= 0.3 is 0 Å². The molecule has 0 radical (unpaired) electrons. The minimum absolute atomic E-state index is 0.0437. The van der Waals surface area contributed by atoms with E-state index in [0.717, 1.165) is 11.8 Å². The van der Waals surface area contributed by atoms with Crippen LogP contribution in [0.2, 0.25) is 0 Å². The predicted molar refractivity (Wildman–Crippen MR) is 113 cm³/mol. The lowest BCUT2D eigenvalue weighted by molar-refractivity contribution is 0.0533. The number of benzene rings is 2. The highest BCUT2D eigenvalue weighted by Gasteiger charge is 2.64. The fraction of sp³-hybridized carbons (Fsp3) is 0.538. The van der Waals surface area contributed by atoms with Crippen LogP contribution in [-0.2, 0) is 16.5 Å². The number of hydrogen-bond acceptors (Lipinski definition) is 1. The van der Waals surface area contributed by atoms with Gasteiger partial charge in [0.15, 0.2) is 0 Å². The van der Waals surface area contributed by atoms with Crippen LogP contribution < -0.4 is 0 Å². The normalized spacial score (nSPS) is 37.6. The highest BCUT2D eigenvalue weighted by atomic mass is 15.3. The Hall–Kier alpha value is -1.60. The molecule has 1 heteroatoms. The van der Waals surface area contributed by atoms with Gasteiger partial charge in [-0.15, -0.1) is 0 Å². The summed E-state index contributed by atoms with van der Waals surface area (Å²) in [6, 6.07) is 18.7. The second kappa shape index (κ2) is 5.47. The molecule has 1 aliphatic carbocycles. The molecule has 2 bridgehead atoms. The van der Waals surface area contributed by atoms with Gasteiger partial charge in [-0.2, -0.15) is 0 Å². The first-order valence-corrected chi connectivity index (χ1v) is 10.8. The third-order valence-electron chi connectivity index (χ3n) is 8.72. The third kappa shape index (κ3) is 2.04. The van der Waals surface area contributed by atoms with E-state index in [-0.39, 0.29) is 11.1 Å². The lowest BCUT2D eigenvalue weighted by atomic mass is 9.73. The third-order valence-corrected chi connectivity index (χ3v) is 8.72. The molecule has 2 aliphatic heterocycles. The van der Waals surface area contributed by atoms with Crippen molar-refractivity contribution >= 4 is 0 Å². The largest absolute Gasteiger partial charge is 0.283 e. The number of hydrogen-bond donors (Lipinski definition) is 0. The van der Waals surface area contributed by atoms with E-state index in [1.54, 1.807) is 16.7 Å². The summed E-state index contributed by atoms with van der Waals surface area (Å²) in [5.74, 6) is 1.59. The fourth-order valence-electron chi connectivity index (χ4n) is 6.73. The number of fused-ring (bicyclic) bond motifs is 9. The van der Waals surface area contributed by atoms with Gasteiger partial charge in [0.25, 0.3) is 0 Å². The standard InChI is InChI=1S/C26H33N/c1-6-18(2)15-26-17-19(26)16-24(3)20-11-7-8-12-21(20)25(4,27(24)5)22-13-9-10-14-23(22)26/h7-14,18-19H,6,15-17H2,1-5H3/t18?,19-,24-,25-,26+/m1/s1. The van der Waals surface area contributed by atoms with Crippen molar-refractivity contribution in [1.82, 2.24) is 4.90 Å². The van der Waals surface area contributed by atoms with Crippen LogP contribution in [0.5, 0.6) is 0 Å². The van der Waals surface area contributed by atoms with E-state index in [1.165, 1.54) is 31.2 Å². The van der Waals surface area contributed by atoms with Crippen molar-refractivity contribution in [3.8, 4) is 0 Å². The average Bonchev–Trinajstić information content (AvgIpc) is 3.33. The first-order chi connectivity index (χ1) is 12.9. The van der Waals surface area contributed by atoms with Gasteiger partial charge in [0, 0.05) is 5.54 Å². The molecule has 27 heavy (non-hydrogen) atoms. The Bertz CT molecular complexity index is 901. The molecule has 2 aromatic carbocycles. The van der Waals surface area contributed by atoms with E-state index in [4.69, 9.17) is 0 Å². The molecule has 2 heterocycles. The van der Waals surface area contributed by atoms with Crippen molar-refractivity contribution in [3.63, 3.8) is 0 Å². The molecule has 142 valence electrons. The number of rotatable bonds is 3. The second-order valence-electron chi connectivity index (χ2n) is 9.98. The van der Waals surface area contributed by atoms with Gasteiger partial charge < -0.3 is 0 Å². The zero-order chi connectivity index (χ0) is 19.0. The van der Waals surface area contributed by atoms with Crippen molar-refractivity contribution in [2.75, 3.05) is 7.05 Å². The summed E-state index contributed by atoms with van der Waals surface area (Å²) in [4.78, 5) is 2.69. The molecule has 0 amide bonds. The Kier molecular flexibility index (Phi) is 3.55. The number of nitrogens with zero attached hydrogens (tertiary/aromatic N) is 1. The van der Waals surface area contributed by atoms with E-state index < -0.39 is 0 Å². The monoisotopic (exact) mass is 359 g/mol. The fourth-order valence-corrected chi connectivity index (χ4v) is 6.73. The van der Waals surface area contributed by atoms with Crippen LogP contribution in [0.3, 0.4) is 0 Å². The van der Waals surface area contributed by atoms with Crippen LogP contribution >= 0.6 is 0 Å². The van der Waals surface area contributed by atoms with E-state index >= 15 is 0 Å². The summed E-state index contributed by atoms with van der Waals surface area (Å²) in [5, 5.41) is 0. The summed E-state index contributed by atoms with van der Waals surface area (Å²) in [7, 11) is 2.36. The van der Waals surface area contributed by atoms with E-state index in [2.05, 4.69) is 88.2 Å². The molecule has 5 atom stereocenters. The second-order valence-corrected chi connectivity index (χ2v) is 9.98. The molecule has 0 aromatic heterocycles. The van der Waals surface area contributed by atoms with Crippen LogP contribution in [0, 0.1) is 11.8 Å². The van der Waals surface area contributed by atoms with E-state index in [9.17, 15) is 0 Å². The maximum Gasteiger partial charge on any atom is 0.0697 e. The Morgan fingerprint density at radius 1 is 0.926 bits per heavy atom. The van der Waals surface area contributed by atoms with Crippen LogP contribution in [0.1, 0.15) is 75.6 Å². The molecule has 1 saturated carbocycles. The highest BCUT2D eigenvalue weighted by molar-refractivity contribution is 5.57. The van der Waals surface area contributed by atoms with Gasteiger partial charge in [0.1, 0.15) is 0 Å². The lowest BCUT2D eigenvalue weighted by Gasteiger charge is -2.46. The first kappa shape index (κ1) is 17.5. The quantitative estimate of drug-likeness (QED) is 0.630. The Morgan fingerprint density at radius 2 is 1.48 bits per heavy atom. The molecule has 3 aliphatic rings. The Morgan fingerprint density at radius 3 is 2.11 bits per heavy atom. The minimum Gasteiger partial charge on any atom is -0.283 e. The van der Waals surface area contributed by atoms with Crippen LogP contribution in [0.4, 0.5) is 0 Å². The molecule has 1 fully saturated rings. The summed E-state index contributed by atoms with van der Waals surface area (Å²) in [5.41, 5.74) is 6.74. The molecule has 0 spiro atoms. The zero-order valence-corrected chi connectivity index (χ0v) is 17.5. The maximum atomic E-state index is 2.69. The maximum absolute atomic E-state index is 2.69. The van der Waals surface area contributed by atoms with Gasteiger partial charge in [-0.3, -0.25) is 4.90 Å². The van der Waals surface area contributed by atoms with Crippen LogP contribution in [-0.4, -0.2) is 11.9 Å². The minimum atomic E-state index is -0.0437. The Balaban J connectivity index is 1.79. The van der Waals surface area contributed by atoms with Crippen molar-refractivity contribution in [3.05, 3.63) is 70.8 Å². The molecule has 2 aromatic rings. The van der Waals surface area contributed by atoms with Crippen molar-refractivity contribution < 1.29 is 0 Å². The highest BCUT2D eigenvalue weighted by Crippen LogP contribution is 2.68. The van der Waals surface area contributed by atoms with Gasteiger partial charge in [-0.1, -0.05) is 68.8 Å². The topological polar surface area (TPSA) is 3.24 Å². The molecular weight excluding hydrogens is 326 g/mol. The molecule has 1 unspecified atom stereocenters. The van der Waals surface area contributed by atoms with Gasteiger partial charge in [-0.25, -0.2) is 0 Å². The van der Waals surface area contributed by atoms with Crippen molar-refractivity contribution in [1.29, 1.82) is 0 Å². The van der Waals surface area contributed by atoms with Crippen molar-refractivity contribution in [2.24, 2.45) is 11.8 Å². The molecule has 1 nitrogen and oxygen atoms in total. The van der Waals surface area contributed by atoms with Gasteiger partial charge in [0.05, 0.1) is 5.54 Å². The van der Waals surface area contributed by atoms with Crippen molar-refractivity contribution in [2.45, 2.75) is 69.9 Å². The SMILES string of the molecule is CCC(C)C[C@]12C[C@H]1C[C@]1(C)c3ccccc3[C@](C)(c3ccccc32)N1C. The summed E-state index contributed by atoms with van der Waals surface area (Å²) >= 11 is 0. The van der Waals surface area contributed by atoms with Crippen LogP contribution in [0.15, 0.2) is 48.5 Å². The molecule has 0 N–H and O–H groups in total. The smallest absolute Gasteiger partial charge is 0.0697 e. The van der Waals surface area contributed by atoms with E-state index in [0.29, 0.717) is 5.41 Å².